The van der Waals surface area contributed by atoms with Gasteiger partial charge in [0.2, 0.25) is 17.7 Å². The molecule has 2 fully saturated rings. The predicted molar refractivity (Wildman–Crippen MR) is 150 cm³/mol. The van der Waals surface area contributed by atoms with E-state index in [1.54, 1.807) is 23.1 Å². The number of esters is 1. The van der Waals surface area contributed by atoms with Gasteiger partial charge in [0, 0.05) is 62.6 Å². The third kappa shape index (κ3) is 9.13. The van der Waals surface area contributed by atoms with E-state index in [9.17, 15) is 23.2 Å². The number of hydrogen-bond donors (Lipinski definition) is 1. The first-order chi connectivity index (χ1) is 19.6. The van der Waals surface area contributed by atoms with Crippen molar-refractivity contribution in [1.29, 1.82) is 0 Å². The highest BCUT2D eigenvalue weighted by Gasteiger charge is 2.35. The van der Waals surface area contributed by atoms with Gasteiger partial charge in [0.25, 0.3) is 0 Å². The summed E-state index contributed by atoms with van der Waals surface area (Å²) in [7, 11) is 1.34. The lowest BCUT2D eigenvalue weighted by molar-refractivity contribution is -0.134. The first kappa shape index (κ1) is 30.7. The minimum Gasteiger partial charge on any atom is -0.489 e. The molecule has 1 saturated heterocycles. The smallest absolute Gasteiger partial charge is 0.337 e. The fourth-order valence-corrected chi connectivity index (χ4v) is 5.34. The lowest BCUT2D eigenvalue weighted by Gasteiger charge is -2.35. The third-order valence-electron chi connectivity index (χ3n) is 7.66. The maximum Gasteiger partial charge on any atom is 0.337 e. The molecule has 8 nitrogen and oxygen atoms in total. The Hall–Kier alpha value is -3.24. The molecule has 1 saturated carbocycles. The minimum atomic E-state index is -2.62. The molecule has 1 aliphatic heterocycles. The monoisotopic (exact) mass is 591 g/mol. The number of nitrogens with one attached hydrogen (secondary N) is 1. The summed E-state index contributed by atoms with van der Waals surface area (Å²) >= 11 is 6.27. The molecule has 0 unspecified atom stereocenters. The Bertz CT molecular complexity index is 1210. The van der Waals surface area contributed by atoms with Crippen LogP contribution < -0.4 is 10.1 Å². The van der Waals surface area contributed by atoms with Crippen LogP contribution in [0.15, 0.2) is 42.5 Å². The minimum absolute atomic E-state index is 0.0549. The fourth-order valence-electron chi connectivity index (χ4n) is 5.15. The number of hydrogen-bond acceptors (Lipinski definition) is 6. The molecule has 1 aliphatic carbocycles. The summed E-state index contributed by atoms with van der Waals surface area (Å²) in [5.74, 6) is -2.78. The number of amides is 2. The highest BCUT2D eigenvalue weighted by Crippen LogP contribution is 2.37. The standard InChI is InChI=1S/C30H36ClF2N3O5/c1-40-29(39)23-4-2-22(3-5-23)20-41-26-7-6-25(31)17-24(26)19-35-12-14-36(15-13-35)28(38)18-34-27(37)16-21-8-10-30(32,33)11-9-21/h2-7,17,21H,8-16,18-20H2,1H3,(H,34,37). The van der Waals surface area contributed by atoms with Gasteiger partial charge in [-0.3, -0.25) is 14.5 Å². The molecule has 0 spiro atoms. The van der Waals surface area contributed by atoms with Crippen LogP contribution in [-0.4, -0.2) is 73.3 Å². The van der Waals surface area contributed by atoms with E-state index in [0.29, 0.717) is 68.5 Å². The SMILES string of the molecule is COC(=O)c1ccc(COc2ccc(Cl)cc2CN2CCN(C(=O)CNC(=O)CC3CCC(F)(F)CC3)CC2)cc1. The number of benzene rings is 2. The van der Waals surface area contributed by atoms with Gasteiger partial charge in [-0.2, -0.15) is 0 Å². The van der Waals surface area contributed by atoms with Crippen molar-refractivity contribution in [3.05, 3.63) is 64.2 Å². The van der Waals surface area contributed by atoms with Gasteiger partial charge >= 0.3 is 5.97 Å². The molecule has 11 heteroatoms. The molecule has 0 bridgehead atoms. The van der Waals surface area contributed by atoms with E-state index in [-0.39, 0.29) is 43.5 Å². The van der Waals surface area contributed by atoms with Gasteiger partial charge < -0.3 is 19.7 Å². The molecule has 0 radical (unpaired) electrons. The average molecular weight is 592 g/mol. The van der Waals surface area contributed by atoms with Crippen LogP contribution in [0.25, 0.3) is 0 Å². The summed E-state index contributed by atoms with van der Waals surface area (Å²) in [4.78, 5) is 40.5. The number of alkyl halides is 2. The number of nitrogens with zero attached hydrogens (tertiary/aromatic N) is 2. The Morgan fingerprint density at radius 1 is 1.02 bits per heavy atom. The number of halogens is 3. The Morgan fingerprint density at radius 3 is 2.37 bits per heavy atom. The van der Waals surface area contributed by atoms with Gasteiger partial charge in [-0.1, -0.05) is 23.7 Å². The van der Waals surface area contributed by atoms with Crippen molar-refractivity contribution in [2.45, 2.75) is 51.2 Å². The van der Waals surface area contributed by atoms with Crippen LogP contribution >= 0.6 is 11.6 Å². The van der Waals surface area contributed by atoms with E-state index in [4.69, 9.17) is 21.1 Å². The second-order valence-electron chi connectivity index (χ2n) is 10.7. The van der Waals surface area contributed by atoms with Crippen molar-refractivity contribution in [2.75, 3.05) is 39.8 Å². The van der Waals surface area contributed by atoms with E-state index in [1.807, 2.05) is 24.3 Å². The predicted octanol–water partition coefficient (Wildman–Crippen LogP) is 4.68. The number of carbonyl (C=O) groups is 3. The Morgan fingerprint density at radius 2 is 1.71 bits per heavy atom. The molecule has 41 heavy (non-hydrogen) atoms. The van der Waals surface area contributed by atoms with Crippen molar-refractivity contribution in [3.8, 4) is 5.75 Å². The molecular formula is C30H36ClF2N3O5. The normalized spacial score (nSPS) is 17.6. The van der Waals surface area contributed by atoms with Crippen LogP contribution in [0.5, 0.6) is 5.75 Å². The van der Waals surface area contributed by atoms with Crippen LogP contribution in [0.2, 0.25) is 5.02 Å². The number of rotatable bonds is 10. The van der Waals surface area contributed by atoms with E-state index < -0.39 is 11.9 Å². The molecule has 0 atom stereocenters. The summed E-state index contributed by atoms with van der Waals surface area (Å²) in [6, 6.07) is 12.5. The molecule has 0 aromatic heterocycles. The maximum absolute atomic E-state index is 13.3. The molecule has 2 aromatic rings. The zero-order valence-electron chi connectivity index (χ0n) is 23.2. The Kier molecular flexibility index (Phi) is 10.6. The Labute approximate surface area is 243 Å². The summed E-state index contributed by atoms with van der Waals surface area (Å²) in [5, 5.41) is 3.26. The summed E-state index contributed by atoms with van der Waals surface area (Å²) in [6.45, 7) is 3.17. The molecule has 2 amide bonds. The molecular weight excluding hydrogens is 556 g/mol. The molecule has 1 N–H and O–H groups in total. The van der Waals surface area contributed by atoms with Crippen molar-refractivity contribution in [3.63, 3.8) is 0 Å². The van der Waals surface area contributed by atoms with Crippen molar-refractivity contribution < 1.29 is 32.6 Å². The molecule has 4 rings (SSSR count). The van der Waals surface area contributed by atoms with Gasteiger partial charge in [-0.25, -0.2) is 13.6 Å². The summed E-state index contributed by atoms with van der Waals surface area (Å²) < 4.78 is 37.5. The second-order valence-corrected chi connectivity index (χ2v) is 11.1. The number of carbonyl (C=O) groups excluding carboxylic acids is 3. The molecule has 2 aromatic carbocycles. The lowest BCUT2D eigenvalue weighted by Crippen LogP contribution is -2.51. The van der Waals surface area contributed by atoms with Crippen molar-refractivity contribution in [2.24, 2.45) is 5.92 Å². The maximum atomic E-state index is 13.3. The third-order valence-corrected chi connectivity index (χ3v) is 7.89. The zero-order chi connectivity index (χ0) is 29.4. The highest BCUT2D eigenvalue weighted by molar-refractivity contribution is 6.30. The van der Waals surface area contributed by atoms with Gasteiger partial charge in [0.1, 0.15) is 12.4 Å². The van der Waals surface area contributed by atoms with E-state index in [2.05, 4.69) is 10.2 Å². The summed E-state index contributed by atoms with van der Waals surface area (Å²) in [6.07, 6.45) is 0.492. The van der Waals surface area contributed by atoms with Crippen LogP contribution in [0.1, 0.15) is 53.6 Å². The number of ether oxygens (including phenoxy) is 2. The second kappa shape index (κ2) is 14.1. The van der Waals surface area contributed by atoms with Gasteiger partial charge in [0.05, 0.1) is 19.2 Å². The number of methoxy groups -OCH3 is 1. The molecule has 2 aliphatic rings. The van der Waals surface area contributed by atoms with Gasteiger partial charge in [-0.05, 0) is 54.7 Å². The van der Waals surface area contributed by atoms with Crippen LogP contribution in [-0.2, 0) is 27.5 Å². The molecule has 222 valence electrons. The number of piperazine rings is 1. The summed E-state index contributed by atoms with van der Waals surface area (Å²) in [5.41, 5.74) is 2.30. The van der Waals surface area contributed by atoms with E-state index >= 15 is 0 Å². The zero-order valence-corrected chi connectivity index (χ0v) is 23.9. The van der Waals surface area contributed by atoms with Crippen LogP contribution in [0.3, 0.4) is 0 Å². The van der Waals surface area contributed by atoms with Gasteiger partial charge in [0.15, 0.2) is 0 Å². The Balaban J connectivity index is 1.21. The van der Waals surface area contributed by atoms with Gasteiger partial charge in [-0.15, -0.1) is 0 Å². The average Bonchev–Trinajstić information content (AvgIpc) is 2.97. The van der Waals surface area contributed by atoms with E-state index in [1.165, 1.54) is 7.11 Å². The molecule has 1 heterocycles. The van der Waals surface area contributed by atoms with E-state index in [0.717, 1.165) is 11.1 Å². The largest absolute Gasteiger partial charge is 0.489 e. The first-order valence-corrected chi connectivity index (χ1v) is 14.2. The first-order valence-electron chi connectivity index (χ1n) is 13.8. The quantitative estimate of drug-likeness (QED) is 0.404. The van der Waals surface area contributed by atoms with Crippen LogP contribution in [0.4, 0.5) is 8.78 Å². The van der Waals surface area contributed by atoms with Crippen molar-refractivity contribution in [1.82, 2.24) is 15.1 Å². The topological polar surface area (TPSA) is 88.2 Å². The van der Waals surface area contributed by atoms with Crippen LogP contribution in [0, 0.1) is 5.92 Å². The highest BCUT2D eigenvalue weighted by atomic mass is 35.5. The fraction of sp³-hybridized carbons (Fsp3) is 0.500. The lowest BCUT2D eigenvalue weighted by atomic mass is 9.84. The van der Waals surface area contributed by atoms with Crippen molar-refractivity contribution >= 4 is 29.4 Å².